The molecule has 1 unspecified atom stereocenters. The largest absolute Gasteiger partial charge is 0.511 e. The van der Waals surface area contributed by atoms with Crippen LogP contribution in [0, 0.1) is 5.92 Å². The normalized spacial score (nSPS) is 21.4. The van der Waals surface area contributed by atoms with Crippen molar-refractivity contribution in [3.05, 3.63) is 58.6 Å². The Morgan fingerprint density at radius 3 is 2.89 bits per heavy atom. The second kappa shape index (κ2) is 7.86. The number of rotatable bonds is 4. The van der Waals surface area contributed by atoms with Crippen molar-refractivity contribution >= 4 is 27.4 Å². The van der Waals surface area contributed by atoms with E-state index in [9.17, 15) is 5.11 Å². The minimum atomic E-state index is -0.268. The highest BCUT2D eigenvalue weighted by Crippen LogP contribution is 2.29. The number of nitrogens with one attached hydrogen (secondary N) is 1. The highest BCUT2D eigenvalue weighted by atomic mass is 79.9. The summed E-state index contributed by atoms with van der Waals surface area (Å²) in [5.41, 5.74) is 1.54. The molecule has 0 amide bonds. The van der Waals surface area contributed by atoms with Gasteiger partial charge in [-0.05, 0) is 60.9 Å². The molecule has 0 aromatic carbocycles. The molecule has 142 valence electrons. The lowest BCUT2D eigenvalue weighted by molar-refractivity contribution is 0.226. The van der Waals surface area contributed by atoms with Crippen LogP contribution in [0.5, 0.6) is 0 Å². The van der Waals surface area contributed by atoms with Crippen molar-refractivity contribution in [1.29, 1.82) is 0 Å². The third kappa shape index (κ3) is 3.94. The second-order valence-corrected chi connectivity index (χ2v) is 8.12. The number of fused-ring (bicyclic) bond motifs is 1. The third-order valence-electron chi connectivity index (χ3n) is 5.29. The van der Waals surface area contributed by atoms with E-state index in [0.717, 1.165) is 41.3 Å². The summed E-state index contributed by atoms with van der Waals surface area (Å²) in [5, 5.41) is 18.4. The molecule has 4 rings (SSSR count). The molecule has 2 N–H and O–H groups in total. The van der Waals surface area contributed by atoms with Crippen LogP contribution in [-0.2, 0) is 0 Å². The number of halogens is 1. The van der Waals surface area contributed by atoms with Gasteiger partial charge < -0.3 is 15.3 Å². The standard InChI is InChI=1S/C20H24BrN5O/c1-25-9-7-14(8-10-25)12-22-19-11-17(15-5-3-2-4-6-18(15)27)24-20-16(21)13-23-26(19)20/h2-6,11,13-15,22,27H,7-10,12H2,1H3. The highest BCUT2D eigenvalue weighted by molar-refractivity contribution is 9.10. The van der Waals surface area contributed by atoms with Crippen LogP contribution in [-0.4, -0.2) is 51.3 Å². The first-order chi connectivity index (χ1) is 13.1. The SMILES string of the molecule is CN1CCC(CNc2cc(C3C=CC=CC=C3O)nc3c(Br)cnn23)CC1. The van der Waals surface area contributed by atoms with Crippen molar-refractivity contribution in [3.63, 3.8) is 0 Å². The van der Waals surface area contributed by atoms with Gasteiger partial charge in [0.2, 0.25) is 0 Å². The van der Waals surface area contributed by atoms with Crippen LogP contribution >= 0.6 is 15.9 Å². The number of aromatic nitrogens is 3. The maximum Gasteiger partial charge on any atom is 0.171 e. The van der Waals surface area contributed by atoms with Crippen molar-refractivity contribution < 1.29 is 5.11 Å². The van der Waals surface area contributed by atoms with Crippen LogP contribution < -0.4 is 5.32 Å². The van der Waals surface area contributed by atoms with Crippen molar-refractivity contribution in [2.45, 2.75) is 18.8 Å². The molecule has 0 spiro atoms. The van der Waals surface area contributed by atoms with Crippen molar-refractivity contribution in [3.8, 4) is 0 Å². The average molecular weight is 430 g/mol. The van der Waals surface area contributed by atoms with Crippen molar-refractivity contribution in [2.24, 2.45) is 5.92 Å². The van der Waals surface area contributed by atoms with Gasteiger partial charge in [-0.15, -0.1) is 0 Å². The predicted octanol–water partition coefficient (Wildman–Crippen LogP) is 3.90. The molecule has 6 nitrogen and oxygen atoms in total. The van der Waals surface area contributed by atoms with E-state index in [4.69, 9.17) is 4.98 Å². The van der Waals surface area contributed by atoms with E-state index in [1.165, 1.54) is 12.8 Å². The summed E-state index contributed by atoms with van der Waals surface area (Å²) in [6.07, 6.45) is 13.5. The highest BCUT2D eigenvalue weighted by Gasteiger charge is 2.21. The van der Waals surface area contributed by atoms with Gasteiger partial charge in [-0.1, -0.05) is 24.3 Å². The van der Waals surface area contributed by atoms with Crippen molar-refractivity contribution in [2.75, 3.05) is 32.0 Å². The second-order valence-electron chi connectivity index (χ2n) is 7.26. The van der Waals surface area contributed by atoms with Crippen LogP contribution in [0.3, 0.4) is 0 Å². The molecular formula is C20H24BrN5O. The van der Waals surface area contributed by atoms with Crippen LogP contribution in [0.25, 0.3) is 5.65 Å². The van der Waals surface area contributed by atoms with Crippen LogP contribution in [0.1, 0.15) is 24.5 Å². The number of aliphatic hydroxyl groups excluding tert-OH is 1. The van der Waals surface area contributed by atoms with Gasteiger partial charge in [0.05, 0.1) is 22.3 Å². The van der Waals surface area contributed by atoms with E-state index in [1.54, 1.807) is 12.3 Å². The summed E-state index contributed by atoms with van der Waals surface area (Å²) in [4.78, 5) is 7.12. The molecule has 2 aliphatic rings. The Morgan fingerprint density at radius 2 is 2.07 bits per heavy atom. The molecule has 0 saturated carbocycles. The fraction of sp³-hybridized carbons (Fsp3) is 0.400. The Morgan fingerprint density at radius 1 is 1.26 bits per heavy atom. The Kier molecular flexibility index (Phi) is 5.31. The van der Waals surface area contributed by atoms with Crippen LogP contribution in [0.4, 0.5) is 5.82 Å². The summed E-state index contributed by atoms with van der Waals surface area (Å²) >= 11 is 3.54. The molecule has 1 aliphatic carbocycles. The maximum atomic E-state index is 10.4. The molecule has 0 radical (unpaired) electrons. The van der Waals surface area contributed by atoms with E-state index >= 15 is 0 Å². The molecule has 1 fully saturated rings. The summed E-state index contributed by atoms with van der Waals surface area (Å²) in [6, 6.07) is 1.99. The van der Waals surface area contributed by atoms with E-state index in [-0.39, 0.29) is 11.7 Å². The summed E-state index contributed by atoms with van der Waals surface area (Å²) < 4.78 is 2.66. The zero-order valence-electron chi connectivity index (χ0n) is 15.3. The molecule has 2 aromatic heterocycles. The molecule has 0 bridgehead atoms. The lowest BCUT2D eigenvalue weighted by Gasteiger charge is -2.29. The molecule has 7 heteroatoms. The first kappa shape index (κ1) is 18.3. The summed E-state index contributed by atoms with van der Waals surface area (Å²) in [7, 11) is 2.18. The fourth-order valence-electron chi connectivity index (χ4n) is 3.60. The van der Waals surface area contributed by atoms with Gasteiger partial charge in [0.1, 0.15) is 11.6 Å². The predicted molar refractivity (Wildman–Crippen MR) is 111 cm³/mol. The first-order valence-corrected chi connectivity index (χ1v) is 10.1. The number of nitrogens with zero attached hydrogens (tertiary/aromatic N) is 4. The lowest BCUT2D eigenvalue weighted by Crippen LogP contribution is -2.33. The lowest BCUT2D eigenvalue weighted by atomic mass is 9.97. The molecule has 1 saturated heterocycles. The van der Waals surface area contributed by atoms with Gasteiger partial charge in [-0.25, -0.2) is 4.98 Å². The van der Waals surface area contributed by atoms with E-state index < -0.39 is 0 Å². The molecule has 1 atom stereocenters. The first-order valence-electron chi connectivity index (χ1n) is 9.32. The van der Waals surface area contributed by atoms with Crippen LogP contribution in [0.15, 0.2) is 52.9 Å². The topological polar surface area (TPSA) is 65.7 Å². The minimum absolute atomic E-state index is 0.268. The van der Waals surface area contributed by atoms with Gasteiger partial charge in [0.15, 0.2) is 5.65 Å². The smallest absolute Gasteiger partial charge is 0.171 e. The Hall–Kier alpha value is -2.12. The molecule has 27 heavy (non-hydrogen) atoms. The Labute approximate surface area is 167 Å². The van der Waals surface area contributed by atoms with Crippen molar-refractivity contribution in [1.82, 2.24) is 19.5 Å². The number of hydrogen-bond donors (Lipinski definition) is 2. The number of aliphatic hydroxyl groups is 1. The van der Waals surface area contributed by atoms with Gasteiger partial charge in [-0.3, -0.25) is 0 Å². The third-order valence-corrected chi connectivity index (χ3v) is 5.85. The van der Waals surface area contributed by atoms with Gasteiger partial charge in [0, 0.05) is 12.6 Å². The molecule has 3 heterocycles. The number of likely N-dealkylation sites (tertiary alicyclic amines) is 1. The number of piperidine rings is 1. The number of hydrogen-bond acceptors (Lipinski definition) is 5. The zero-order chi connectivity index (χ0) is 18.8. The van der Waals surface area contributed by atoms with Gasteiger partial charge in [0.25, 0.3) is 0 Å². The monoisotopic (exact) mass is 429 g/mol. The zero-order valence-corrected chi connectivity index (χ0v) is 16.9. The minimum Gasteiger partial charge on any atom is -0.511 e. The Balaban J connectivity index is 1.63. The van der Waals surface area contributed by atoms with Crippen LogP contribution in [0.2, 0.25) is 0 Å². The average Bonchev–Trinajstić information content (AvgIpc) is 2.91. The Bertz CT molecular complexity index is 908. The van der Waals surface area contributed by atoms with E-state index in [1.807, 2.05) is 34.9 Å². The maximum absolute atomic E-state index is 10.4. The van der Waals surface area contributed by atoms with E-state index in [2.05, 4.69) is 38.3 Å². The fourth-order valence-corrected chi connectivity index (χ4v) is 3.95. The van der Waals surface area contributed by atoms with Gasteiger partial charge in [-0.2, -0.15) is 9.61 Å². The summed E-state index contributed by atoms with van der Waals surface area (Å²) in [6.45, 7) is 3.21. The number of allylic oxidation sites excluding steroid dienone is 5. The number of anilines is 1. The molecule has 1 aliphatic heterocycles. The molecule has 2 aromatic rings. The molecular weight excluding hydrogens is 406 g/mol. The quantitative estimate of drug-likeness (QED) is 0.771. The van der Waals surface area contributed by atoms with Gasteiger partial charge >= 0.3 is 0 Å². The van der Waals surface area contributed by atoms with E-state index in [0.29, 0.717) is 5.92 Å². The summed E-state index contributed by atoms with van der Waals surface area (Å²) in [5.74, 6) is 1.57.